The van der Waals surface area contributed by atoms with E-state index in [0.717, 1.165) is 0 Å². The smallest absolute Gasteiger partial charge is 0.296 e. The molecule has 5 N–H and O–H groups in total. The van der Waals surface area contributed by atoms with Gasteiger partial charge in [0, 0.05) is 5.69 Å². The Bertz CT molecular complexity index is 739. The Morgan fingerprint density at radius 2 is 2.05 bits per heavy atom. The third-order valence-corrected chi connectivity index (χ3v) is 2.70. The average molecular weight is 296 g/mol. The minimum atomic E-state index is -3.86. The Hall–Kier alpha value is -2.46. The van der Waals surface area contributed by atoms with Gasteiger partial charge in [0.1, 0.15) is 5.82 Å². The lowest BCUT2D eigenvalue weighted by molar-refractivity contribution is 0.101. The molecular weight excluding hydrogens is 284 g/mol. The second-order valence-electron chi connectivity index (χ2n) is 3.93. The third kappa shape index (κ3) is 3.76. The van der Waals surface area contributed by atoms with Gasteiger partial charge < -0.3 is 5.32 Å². The Morgan fingerprint density at radius 1 is 1.35 bits per heavy atom. The first-order chi connectivity index (χ1) is 9.33. The summed E-state index contributed by atoms with van der Waals surface area (Å²) >= 11 is 0. The van der Waals surface area contributed by atoms with E-state index in [0.29, 0.717) is 11.5 Å². The van der Waals surface area contributed by atoms with E-state index in [1.54, 1.807) is 19.1 Å². The summed E-state index contributed by atoms with van der Waals surface area (Å²) in [5.74, 6) is -0.00536. The van der Waals surface area contributed by atoms with Crippen LogP contribution in [0.4, 0.5) is 11.4 Å². The molecule has 0 bridgehead atoms. The lowest BCUT2D eigenvalue weighted by Crippen LogP contribution is -2.21. The first-order valence-corrected chi connectivity index (χ1v) is 6.99. The molecule has 1 amide bonds. The molecule has 2 rings (SSSR count). The van der Waals surface area contributed by atoms with Gasteiger partial charge in [-0.3, -0.25) is 14.6 Å². The third-order valence-electron chi connectivity index (χ3n) is 2.18. The SMILES string of the molecule is Cc1nc(C(=O)Nc2cccc(NS(N)(=O)=O)c2)n[nH]1. The van der Waals surface area contributed by atoms with E-state index in [9.17, 15) is 13.2 Å². The lowest BCUT2D eigenvalue weighted by atomic mass is 10.3. The fraction of sp³-hybridized carbons (Fsp3) is 0.100. The second-order valence-corrected chi connectivity index (χ2v) is 5.22. The Kier molecular flexibility index (Phi) is 3.68. The van der Waals surface area contributed by atoms with Crippen LogP contribution in [-0.2, 0) is 10.2 Å². The van der Waals surface area contributed by atoms with Crippen LogP contribution in [0.25, 0.3) is 0 Å². The highest BCUT2D eigenvalue weighted by atomic mass is 32.2. The number of benzene rings is 1. The van der Waals surface area contributed by atoms with Crippen molar-refractivity contribution in [2.75, 3.05) is 10.0 Å². The summed E-state index contributed by atoms with van der Waals surface area (Å²) in [6.07, 6.45) is 0. The molecule has 0 saturated heterocycles. The van der Waals surface area contributed by atoms with Crippen molar-refractivity contribution >= 4 is 27.5 Å². The summed E-state index contributed by atoms with van der Waals surface area (Å²) in [5.41, 5.74) is 0.613. The summed E-state index contributed by atoms with van der Waals surface area (Å²) < 4.78 is 23.9. The molecule has 0 aliphatic carbocycles. The highest BCUT2D eigenvalue weighted by Crippen LogP contribution is 2.16. The number of aromatic nitrogens is 3. The first-order valence-electron chi connectivity index (χ1n) is 5.44. The number of nitrogens with zero attached hydrogens (tertiary/aromatic N) is 2. The number of aryl methyl sites for hydroxylation is 1. The zero-order valence-corrected chi connectivity index (χ0v) is 11.2. The molecule has 1 aromatic heterocycles. The van der Waals surface area contributed by atoms with Crippen molar-refractivity contribution in [2.24, 2.45) is 5.14 Å². The maximum absolute atomic E-state index is 11.8. The monoisotopic (exact) mass is 296 g/mol. The summed E-state index contributed by atoms with van der Waals surface area (Å²) in [7, 11) is -3.86. The van der Waals surface area contributed by atoms with Crippen molar-refractivity contribution in [1.29, 1.82) is 0 Å². The lowest BCUT2D eigenvalue weighted by Gasteiger charge is -2.06. The molecule has 0 fully saturated rings. The van der Waals surface area contributed by atoms with Gasteiger partial charge in [-0.25, -0.2) is 10.1 Å². The van der Waals surface area contributed by atoms with Crippen LogP contribution in [0.5, 0.6) is 0 Å². The maximum atomic E-state index is 11.8. The molecule has 0 radical (unpaired) electrons. The number of amides is 1. The number of aromatic amines is 1. The number of carbonyl (C=O) groups excluding carboxylic acids is 1. The van der Waals surface area contributed by atoms with E-state index >= 15 is 0 Å². The van der Waals surface area contributed by atoms with Gasteiger partial charge in [-0.2, -0.15) is 8.42 Å². The molecule has 1 aromatic carbocycles. The molecule has 1 heterocycles. The van der Waals surface area contributed by atoms with Crippen LogP contribution in [0.2, 0.25) is 0 Å². The van der Waals surface area contributed by atoms with Crippen molar-refractivity contribution in [3.05, 3.63) is 35.9 Å². The molecule has 0 atom stereocenters. The van der Waals surface area contributed by atoms with Crippen LogP contribution in [-0.4, -0.2) is 29.5 Å². The number of nitrogens with two attached hydrogens (primary N) is 1. The van der Waals surface area contributed by atoms with Crippen molar-refractivity contribution in [1.82, 2.24) is 15.2 Å². The number of H-pyrrole nitrogens is 1. The van der Waals surface area contributed by atoms with Crippen LogP contribution in [0, 0.1) is 6.92 Å². The van der Waals surface area contributed by atoms with Gasteiger partial charge in [-0.05, 0) is 25.1 Å². The van der Waals surface area contributed by atoms with Crippen LogP contribution in [0.1, 0.15) is 16.4 Å². The molecule has 2 aromatic rings. The number of rotatable bonds is 4. The van der Waals surface area contributed by atoms with Crippen LogP contribution < -0.4 is 15.2 Å². The second kappa shape index (κ2) is 5.27. The summed E-state index contributed by atoms with van der Waals surface area (Å²) in [6, 6.07) is 6.07. The first kappa shape index (κ1) is 14.0. The molecule has 10 heteroatoms. The molecule has 0 unspecified atom stereocenters. The van der Waals surface area contributed by atoms with E-state index < -0.39 is 16.1 Å². The number of hydrogen-bond donors (Lipinski definition) is 4. The zero-order valence-electron chi connectivity index (χ0n) is 10.4. The number of anilines is 2. The highest BCUT2D eigenvalue weighted by Gasteiger charge is 2.11. The summed E-state index contributed by atoms with van der Waals surface area (Å²) in [4.78, 5) is 15.7. The molecule has 0 saturated carbocycles. The van der Waals surface area contributed by atoms with Gasteiger partial charge in [-0.1, -0.05) is 6.07 Å². The Balaban J connectivity index is 2.14. The van der Waals surface area contributed by atoms with Crippen molar-refractivity contribution < 1.29 is 13.2 Å². The van der Waals surface area contributed by atoms with E-state index in [2.05, 4.69) is 25.2 Å². The minimum Gasteiger partial charge on any atom is -0.319 e. The molecule has 20 heavy (non-hydrogen) atoms. The number of nitrogens with one attached hydrogen (secondary N) is 3. The Morgan fingerprint density at radius 3 is 2.65 bits per heavy atom. The molecule has 9 nitrogen and oxygen atoms in total. The predicted octanol–water partition coefficient (Wildman–Crippen LogP) is -0.0192. The standard InChI is InChI=1S/C10H12N6O3S/c1-6-12-9(15-14-6)10(17)13-7-3-2-4-8(5-7)16-20(11,18)19/h2-5,16H,1H3,(H,13,17)(H2,11,18,19)(H,12,14,15). The van der Waals surface area contributed by atoms with Gasteiger partial charge in [0.2, 0.25) is 5.82 Å². The van der Waals surface area contributed by atoms with Gasteiger partial charge in [0.25, 0.3) is 16.1 Å². The van der Waals surface area contributed by atoms with E-state index in [1.165, 1.54) is 12.1 Å². The van der Waals surface area contributed by atoms with Gasteiger partial charge in [0.05, 0.1) is 5.69 Å². The summed E-state index contributed by atoms with van der Waals surface area (Å²) in [5, 5.41) is 13.7. The van der Waals surface area contributed by atoms with E-state index in [4.69, 9.17) is 5.14 Å². The largest absolute Gasteiger partial charge is 0.319 e. The van der Waals surface area contributed by atoms with Crippen molar-refractivity contribution in [2.45, 2.75) is 6.92 Å². The van der Waals surface area contributed by atoms with Gasteiger partial charge in [-0.15, -0.1) is 5.10 Å². The molecular formula is C10H12N6O3S. The molecule has 0 aliphatic rings. The molecule has 0 aliphatic heterocycles. The summed E-state index contributed by atoms with van der Waals surface area (Å²) in [6.45, 7) is 1.67. The normalized spacial score (nSPS) is 11.1. The predicted molar refractivity (Wildman–Crippen MR) is 72.2 cm³/mol. The van der Waals surface area contributed by atoms with E-state index in [-0.39, 0.29) is 11.5 Å². The molecule has 106 valence electrons. The zero-order chi connectivity index (χ0) is 14.8. The van der Waals surface area contributed by atoms with Crippen molar-refractivity contribution in [3.63, 3.8) is 0 Å². The fourth-order valence-corrected chi connectivity index (χ4v) is 1.91. The Labute approximate surface area is 114 Å². The van der Waals surface area contributed by atoms with Gasteiger partial charge in [0.15, 0.2) is 0 Å². The fourth-order valence-electron chi connectivity index (χ4n) is 1.46. The van der Waals surface area contributed by atoms with E-state index in [1.807, 2.05) is 0 Å². The average Bonchev–Trinajstić information content (AvgIpc) is 2.74. The van der Waals surface area contributed by atoms with Gasteiger partial charge >= 0.3 is 0 Å². The van der Waals surface area contributed by atoms with Crippen LogP contribution in [0.15, 0.2) is 24.3 Å². The minimum absolute atomic E-state index is 0.00712. The quantitative estimate of drug-likeness (QED) is 0.627. The van der Waals surface area contributed by atoms with Crippen LogP contribution in [0.3, 0.4) is 0 Å². The number of hydrogen-bond acceptors (Lipinski definition) is 5. The highest BCUT2D eigenvalue weighted by molar-refractivity contribution is 7.90. The molecule has 0 spiro atoms. The maximum Gasteiger partial charge on any atom is 0.296 e. The topological polar surface area (TPSA) is 143 Å². The van der Waals surface area contributed by atoms with Crippen LogP contribution >= 0.6 is 0 Å². The number of carbonyl (C=O) groups is 1. The van der Waals surface area contributed by atoms with Crippen molar-refractivity contribution in [3.8, 4) is 0 Å².